The van der Waals surface area contributed by atoms with E-state index < -0.39 is 18.7 Å². The molecule has 2 aromatic heterocycles. The number of alkyl halides is 3. The molecule has 0 aromatic carbocycles. The first-order valence-corrected chi connectivity index (χ1v) is 10.8. The van der Waals surface area contributed by atoms with Crippen molar-refractivity contribution in [1.29, 1.82) is 0 Å². The summed E-state index contributed by atoms with van der Waals surface area (Å²) in [7, 11) is 0. The van der Waals surface area contributed by atoms with Crippen LogP contribution in [0.15, 0.2) is 12.4 Å². The average Bonchev–Trinajstić information content (AvgIpc) is 3.29. The summed E-state index contributed by atoms with van der Waals surface area (Å²) in [5, 5.41) is 10.3. The third-order valence-electron chi connectivity index (χ3n) is 6.23. The van der Waals surface area contributed by atoms with E-state index in [1.54, 1.807) is 11.0 Å². The quantitative estimate of drug-likeness (QED) is 0.724. The molecule has 0 saturated carbocycles. The van der Waals surface area contributed by atoms with Crippen LogP contribution >= 0.6 is 11.3 Å². The van der Waals surface area contributed by atoms with Crippen molar-refractivity contribution in [3.8, 4) is 0 Å². The number of likely N-dealkylation sites (tertiary alicyclic amines) is 1. The van der Waals surface area contributed by atoms with Gasteiger partial charge in [0.1, 0.15) is 17.0 Å². The molecule has 2 atom stereocenters. The van der Waals surface area contributed by atoms with E-state index in [1.807, 2.05) is 0 Å². The van der Waals surface area contributed by atoms with Crippen molar-refractivity contribution in [1.82, 2.24) is 14.9 Å². The Kier molecular flexibility index (Phi) is 4.91. The van der Waals surface area contributed by atoms with Crippen LogP contribution < -0.4 is 4.90 Å². The maximum atomic E-state index is 12.8. The van der Waals surface area contributed by atoms with Crippen molar-refractivity contribution in [3.05, 3.63) is 17.3 Å². The first kappa shape index (κ1) is 21.1. The summed E-state index contributed by atoms with van der Waals surface area (Å²) in [6.07, 6.45) is -3.15. The van der Waals surface area contributed by atoms with Crippen LogP contribution in [0.3, 0.4) is 0 Å². The second-order valence-electron chi connectivity index (χ2n) is 9.45. The predicted molar refractivity (Wildman–Crippen MR) is 109 cm³/mol. The maximum absolute atomic E-state index is 12.8. The Balaban J connectivity index is 1.66. The number of fused-ring (bicyclic) bond motifs is 1. The van der Waals surface area contributed by atoms with E-state index in [9.17, 15) is 23.1 Å². The number of carbonyl (C=O) groups is 1. The van der Waals surface area contributed by atoms with Crippen LogP contribution in [0.1, 0.15) is 38.5 Å². The van der Waals surface area contributed by atoms with Gasteiger partial charge >= 0.3 is 12.3 Å². The number of anilines is 1. The number of hydrogen-bond acceptors (Lipinski definition) is 5. The number of hydrogen-bond donors (Lipinski definition) is 1. The van der Waals surface area contributed by atoms with E-state index in [2.05, 4.69) is 35.6 Å². The lowest BCUT2D eigenvalue weighted by Gasteiger charge is -2.42. The normalized spacial score (nSPS) is 25.1. The number of thiophene rings is 1. The predicted octanol–water partition coefficient (Wildman–Crippen LogP) is 4.79. The molecule has 2 fully saturated rings. The maximum Gasteiger partial charge on any atom is 0.407 e. The van der Waals surface area contributed by atoms with Crippen LogP contribution in [-0.4, -0.2) is 57.9 Å². The zero-order valence-corrected chi connectivity index (χ0v) is 18.0. The zero-order chi connectivity index (χ0) is 21.9. The second kappa shape index (κ2) is 6.96. The first-order chi connectivity index (χ1) is 13.9. The molecule has 4 rings (SSSR count). The Morgan fingerprint density at radius 2 is 1.97 bits per heavy atom. The van der Waals surface area contributed by atoms with Gasteiger partial charge in [0.2, 0.25) is 0 Å². The van der Waals surface area contributed by atoms with Crippen LogP contribution in [0.5, 0.6) is 0 Å². The van der Waals surface area contributed by atoms with Crippen molar-refractivity contribution in [3.63, 3.8) is 0 Å². The third kappa shape index (κ3) is 3.70. The Morgan fingerprint density at radius 1 is 1.27 bits per heavy atom. The molecule has 2 aliphatic rings. The minimum Gasteiger partial charge on any atom is -0.465 e. The highest BCUT2D eigenvalue weighted by Crippen LogP contribution is 2.52. The zero-order valence-electron chi connectivity index (χ0n) is 17.2. The highest BCUT2D eigenvalue weighted by molar-refractivity contribution is 7.18. The number of rotatable bonds is 2. The van der Waals surface area contributed by atoms with E-state index >= 15 is 0 Å². The summed E-state index contributed by atoms with van der Waals surface area (Å²) in [6.45, 7) is 8.02. The van der Waals surface area contributed by atoms with E-state index in [-0.39, 0.29) is 21.7 Å². The monoisotopic (exact) mass is 442 g/mol. The van der Waals surface area contributed by atoms with Crippen LogP contribution in [0, 0.1) is 10.8 Å². The van der Waals surface area contributed by atoms with E-state index in [4.69, 9.17) is 0 Å². The van der Waals surface area contributed by atoms with Crippen molar-refractivity contribution in [2.24, 2.45) is 10.8 Å². The number of amides is 1. The van der Waals surface area contributed by atoms with Crippen LogP contribution in [0.4, 0.5) is 23.8 Å². The molecule has 6 nitrogen and oxygen atoms in total. The molecular formula is C20H25F3N4O2S. The molecule has 4 heterocycles. The molecule has 164 valence electrons. The third-order valence-corrected chi connectivity index (χ3v) is 7.27. The molecule has 0 bridgehead atoms. The Morgan fingerprint density at radius 3 is 2.60 bits per heavy atom. The van der Waals surface area contributed by atoms with Crippen molar-refractivity contribution in [2.75, 3.05) is 24.5 Å². The summed E-state index contributed by atoms with van der Waals surface area (Å²) >= 11 is 1.05. The smallest absolute Gasteiger partial charge is 0.407 e. The first-order valence-electron chi connectivity index (χ1n) is 9.94. The molecule has 10 heteroatoms. The van der Waals surface area contributed by atoms with Crippen molar-refractivity contribution >= 4 is 33.5 Å². The highest BCUT2D eigenvalue weighted by atomic mass is 32.1. The summed E-state index contributed by atoms with van der Waals surface area (Å²) in [5.41, 5.74) is -0.424. The molecule has 2 unspecified atom stereocenters. The molecular weight excluding hydrogens is 417 g/mol. The molecule has 2 aliphatic heterocycles. The average molecular weight is 443 g/mol. The SMILES string of the molecule is CC(C)(C)C1N(C(=O)O)CCC12CCN(c1ncnc3sc(CC(F)(F)F)cc13)C2. The summed E-state index contributed by atoms with van der Waals surface area (Å²) in [4.78, 5) is 24.8. The van der Waals surface area contributed by atoms with Crippen LogP contribution in [-0.2, 0) is 6.42 Å². The van der Waals surface area contributed by atoms with Gasteiger partial charge in [0.15, 0.2) is 0 Å². The van der Waals surface area contributed by atoms with Gasteiger partial charge in [0.05, 0.1) is 11.8 Å². The number of halogens is 3. The summed E-state index contributed by atoms with van der Waals surface area (Å²) in [6, 6.07) is 1.42. The Bertz CT molecular complexity index is 971. The molecule has 1 N–H and O–H groups in total. The summed E-state index contributed by atoms with van der Waals surface area (Å²) in [5.74, 6) is 0.642. The minimum absolute atomic E-state index is 0.131. The van der Waals surface area contributed by atoms with Gasteiger partial charge in [-0.1, -0.05) is 20.8 Å². The van der Waals surface area contributed by atoms with E-state index in [1.165, 1.54) is 6.33 Å². The van der Waals surface area contributed by atoms with Crippen LogP contribution in [0.2, 0.25) is 0 Å². The number of aromatic nitrogens is 2. The molecule has 0 aliphatic carbocycles. The van der Waals surface area contributed by atoms with Gasteiger partial charge in [0.25, 0.3) is 0 Å². The standard InChI is InChI=1S/C20H25F3N4O2S/c1-18(2,3)16-19(5-7-27(16)17(28)29)4-6-26(10-19)14-13-8-12(9-20(21,22)23)30-15(13)25-11-24-14/h8,11,16H,4-7,9-10H2,1-3H3,(H,28,29). The lowest BCUT2D eigenvalue weighted by atomic mass is 9.68. The topological polar surface area (TPSA) is 69.6 Å². The largest absolute Gasteiger partial charge is 0.465 e. The summed E-state index contributed by atoms with van der Waals surface area (Å²) < 4.78 is 38.5. The molecule has 2 saturated heterocycles. The van der Waals surface area contributed by atoms with Gasteiger partial charge in [-0.15, -0.1) is 11.3 Å². The van der Waals surface area contributed by atoms with Gasteiger partial charge in [-0.25, -0.2) is 14.8 Å². The van der Waals surface area contributed by atoms with Crippen molar-refractivity contribution in [2.45, 2.75) is 52.3 Å². The van der Waals surface area contributed by atoms with E-state index in [0.717, 1.165) is 24.2 Å². The lowest BCUT2D eigenvalue weighted by molar-refractivity contribution is -0.126. The lowest BCUT2D eigenvalue weighted by Crippen LogP contribution is -2.51. The van der Waals surface area contributed by atoms with Gasteiger partial charge in [-0.05, 0) is 24.3 Å². The Hall–Kier alpha value is -2.10. The number of nitrogens with zero attached hydrogens (tertiary/aromatic N) is 4. The van der Waals surface area contributed by atoms with Gasteiger partial charge in [0, 0.05) is 36.0 Å². The van der Waals surface area contributed by atoms with Gasteiger partial charge in [-0.2, -0.15) is 13.2 Å². The van der Waals surface area contributed by atoms with Gasteiger partial charge in [-0.3, -0.25) is 0 Å². The fourth-order valence-corrected chi connectivity index (χ4v) is 6.49. The second-order valence-corrected chi connectivity index (χ2v) is 10.6. The Labute approximate surface area is 176 Å². The van der Waals surface area contributed by atoms with E-state index in [0.29, 0.717) is 35.7 Å². The van der Waals surface area contributed by atoms with Gasteiger partial charge < -0.3 is 14.9 Å². The number of carboxylic acid groups (broad SMARTS) is 1. The molecule has 30 heavy (non-hydrogen) atoms. The van der Waals surface area contributed by atoms with Crippen LogP contribution in [0.25, 0.3) is 10.2 Å². The molecule has 1 spiro atoms. The molecule has 2 aromatic rings. The molecule has 1 amide bonds. The fourth-order valence-electron chi connectivity index (χ4n) is 5.47. The minimum atomic E-state index is -4.27. The highest BCUT2D eigenvalue weighted by Gasteiger charge is 2.56. The molecule has 0 radical (unpaired) electrons. The van der Waals surface area contributed by atoms with Crippen molar-refractivity contribution < 1.29 is 23.1 Å². The fraction of sp³-hybridized carbons (Fsp3) is 0.650.